The van der Waals surface area contributed by atoms with Crippen molar-refractivity contribution in [2.75, 3.05) is 6.61 Å². The number of hydrogen-bond donors (Lipinski definition) is 1. The molecule has 0 aliphatic heterocycles. The lowest BCUT2D eigenvalue weighted by Gasteiger charge is -2.09. The molecule has 1 N–H and O–H groups in total. The summed E-state index contributed by atoms with van der Waals surface area (Å²) in [6, 6.07) is 0. The number of hydrogen-bond acceptors (Lipinski definition) is 1. The number of allylic oxidation sites excluding steroid dienone is 2. The van der Waals surface area contributed by atoms with Crippen LogP contribution in [0.4, 0.5) is 0 Å². The van der Waals surface area contributed by atoms with E-state index in [1.54, 1.807) is 0 Å². The molecule has 1 heteroatoms. The molecule has 84 valence electrons. The summed E-state index contributed by atoms with van der Waals surface area (Å²) in [6.45, 7) is 4.81. The zero-order valence-electron chi connectivity index (χ0n) is 9.84. The SMILES string of the molecule is CCC=CCCCCC(C)CCCO. The van der Waals surface area contributed by atoms with Gasteiger partial charge in [-0.15, -0.1) is 0 Å². The van der Waals surface area contributed by atoms with Crippen LogP contribution in [0, 0.1) is 5.92 Å². The normalized spacial score (nSPS) is 13.6. The molecule has 0 bridgehead atoms. The van der Waals surface area contributed by atoms with Crippen LogP contribution in [0.15, 0.2) is 12.2 Å². The van der Waals surface area contributed by atoms with Crippen LogP contribution < -0.4 is 0 Å². The van der Waals surface area contributed by atoms with Gasteiger partial charge in [0.2, 0.25) is 0 Å². The second kappa shape index (κ2) is 10.8. The van der Waals surface area contributed by atoms with Crippen molar-refractivity contribution in [3.8, 4) is 0 Å². The molecule has 0 aromatic rings. The van der Waals surface area contributed by atoms with Gasteiger partial charge in [-0.2, -0.15) is 0 Å². The molecule has 0 aliphatic rings. The van der Waals surface area contributed by atoms with Crippen molar-refractivity contribution >= 4 is 0 Å². The van der Waals surface area contributed by atoms with Crippen LogP contribution in [0.25, 0.3) is 0 Å². The Morgan fingerprint density at radius 3 is 2.43 bits per heavy atom. The van der Waals surface area contributed by atoms with Gasteiger partial charge < -0.3 is 5.11 Å². The zero-order valence-corrected chi connectivity index (χ0v) is 9.84. The molecule has 1 atom stereocenters. The molecule has 0 heterocycles. The lowest BCUT2D eigenvalue weighted by atomic mass is 9.98. The van der Waals surface area contributed by atoms with E-state index in [9.17, 15) is 0 Å². The van der Waals surface area contributed by atoms with E-state index in [0.29, 0.717) is 6.61 Å². The lowest BCUT2D eigenvalue weighted by Crippen LogP contribution is -1.96. The summed E-state index contributed by atoms with van der Waals surface area (Å²) >= 11 is 0. The molecule has 0 fully saturated rings. The summed E-state index contributed by atoms with van der Waals surface area (Å²) in [5.74, 6) is 0.789. The second-order valence-corrected chi connectivity index (χ2v) is 4.14. The van der Waals surface area contributed by atoms with Gasteiger partial charge >= 0.3 is 0 Å². The average molecular weight is 198 g/mol. The van der Waals surface area contributed by atoms with Gasteiger partial charge in [0.05, 0.1) is 0 Å². The Morgan fingerprint density at radius 2 is 1.79 bits per heavy atom. The van der Waals surface area contributed by atoms with Crippen molar-refractivity contribution < 1.29 is 5.11 Å². The van der Waals surface area contributed by atoms with Crippen molar-refractivity contribution in [1.82, 2.24) is 0 Å². The molecule has 0 saturated carbocycles. The first-order valence-electron chi connectivity index (χ1n) is 6.07. The minimum Gasteiger partial charge on any atom is -0.396 e. The highest BCUT2D eigenvalue weighted by Gasteiger charge is 2.00. The van der Waals surface area contributed by atoms with Gasteiger partial charge in [0.25, 0.3) is 0 Å². The molecule has 0 radical (unpaired) electrons. The van der Waals surface area contributed by atoms with E-state index in [1.807, 2.05) is 0 Å². The van der Waals surface area contributed by atoms with Crippen LogP contribution in [0.5, 0.6) is 0 Å². The Morgan fingerprint density at radius 1 is 1.07 bits per heavy atom. The predicted molar refractivity (Wildman–Crippen MR) is 63.4 cm³/mol. The van der Waals surface area contributed by atoms with Gasteiger partial charge in [0, 0.05) is 6.61 Å². The van der Waals surface area contributed by atoms with Crippen molar-refractivity contribution in [2.45, 2.75) is 58.8 Å². The summed E-state index contributed by atoms with van der Waals surface area (Å²) in [5, 5.41) is 8.67. The fraction of sp³-hybridized carbons (Fsp3) is 0.846. The molecule has 0 amide bonds. The quantitative estimate of drug-likeness (QED) is 0.440. The zero-order chi connectivity index (χ0) is 10.6. The average Bonchev–Trinajstić information content (AvgIpc) is 2.20. The van der Waals surface area contributed by atoms with E-state index in [0.717, 1.165) is 18.8 Å². The first-order chi connectivity index (χ1) is 6.81. The van der Waals surface area contributed by atoms with Gasteiger partial charge in [-0.05, 0) is 38.0 Å². The van der Waals surface area contributed by atoms with E-state index in [1.165, 1.54) is 32.1 Å². The highest BCUT2D eigenvalue weighted by molar-refractivity contribution is 4.79. The van der Waals surface area contributed by atoms with Crippen LogP contribution in [0.2, 0.25) is 0 Å². The molecule has 0 aromatic carbocycles. The van der Waals surface area contributed by atoms with Gasteiger partial charge in [-0.25, -0.2) is 0 Å². The Hall–Kier alpha value is -0.300. The number of aliphatic hydroxyl groups is 1. The molecule has 0 saturated heterocycles. The van der Waals surface area contributed by atoms with Gasteiger partial charge in [0.1, 0.15) is 0 Å². The lowest BCUT2D eigenvalue weighted by molar-refractivity contribution is 0.271. The summed E-state index contributed by atoms with van der Waals surface area (Å²) in [4.78, 5) is 0. The highest BCUT2D eigenvalue weighted by atomic mass is 16.2. The minimum absolute atomic E-state index is 0.351. The van der Waals surface area contributed by atoms with Crippen LogP contribution in [0.3, 0.4) is 0 Å². The summed E-state index contributed by atoms with van der Waals surface area (Å²) in [5.41, 5.74) is 0. The summed E-state index contributed by atoms with van der Waals surface area (Å²) in [6.07, 6.45) is 13.1. The van der Waals surface area contributed by atoms with Gasteiger partial charge in [-0.1, -0.05) is 38.8 Å². The van der Waals surface area contributed by atoms with Crippen molar-refractivity contribution in [3.05, 3.63) is 12.2 Å². The van der Waals surface area contributed by atoms with Crippen molar-refractivity contribution in [1.29, 1.82) is 0 Å². The third kappa shape index (κ3) is 9.79. The van der Waals surface area contributed by atoms with Crippen LogP contribution >= 0.6 is 0 Å². The van der Waals surface area contributed by atoms with Crippen LogP contribution in [-0.2, 0) is 0 Å². The Labute approximate surface area is 89.2 Å². The van der Waals surface area contributed by atoms with E-state index < -0.39 is 0 Å². The van der Waals surface area contributed by atoms with E-state index in [2.05, 4.69) is 26.0 Å². The smallest absolute Gasteiger partial charge is 0.0431 e. The third-order valence-electron chi connectivity index (χ3n) is 2.58. The fourth-order valence-electron chi connectivity index (χ4n) is 1.62. The maximum Gasteiger partial charge on any atom is 0.0431 e. The molecule has 0 aliphatic carbocycles. The number of unbranched alkanes of at least 4 members (excludes halogenated alkanes) is 2. The van der Waals surface area contributed by atoms with Gasteiger partial charge in [-0.3, -0.25) is 0 Å². The third-order valence-corrected chi connectivity index (χ3v) is 2.58. The standard InChI is InChI=1S/C13H26O/c1-3-4-5-6-7-8-10-13(2)11-9-12-14/h4-5,13-14H,3,6-12H2,1-2H3. The molecule has 14 heavy (non-hydrogen) atoms. The molecule has 1 nitrogen and oxygen atoms in total. The Bertz CT molecular complexity index is 129. The Balaban J connectivity index is 3.14. The van der Waals surface area contributed by atoms with E-state index in [4.69, 9.17) is 5.11 Å². The van der Waals surface area contributed by atoms with Crippen molar-refractivity contribution in [3.63, 3.8) is 0 Å². The molecule has 0 spiro atoms. The van der Waals surface area contributed by atoms with E-state index >= 15 is 0 Å². The molecule has 0 aromatic heterocycles. The van der Waals surface area contributed by atoms with Gasteiger partial charge in [0.15, 0.2) is 0 Å². The van der Waals surface area contributed by atoms with Crippen molar-refractivity contribution in [2.24, 2.45) is 5.92 Å². The molecular weight excluding hydrogens is 172 g/mol. The predicted octanol–water partition coefficient (Wildman–Crippen LogP) is 3.92. The summed E-state index contributed by atoms with van der Waals surface area (Å²) < 4.78 is 0. The number of rotatable bonds is 9. The first kappa shape index (κ1) is 13.7. The monoisotopic (exact) mass is 198 g/mol. The molecule has 0 rings (SSSR count). The fourth-order valence-corrected chi connectivity index (χ4v) is 1.62. The molecular formula is C13H26O. The van der Waals surface area contributed by atoms with Crippen LogP contribution in [0.1, 0.15) is 58.8 Å². The largest absolute Gasteiger partial charge is 0.396 e. The number of aliphatic hydroxyl groups excluding tert-OH is 1. The summed E-state index contributed by atoms with van der Waals surface area (Å²) in [7, 11) is 0. The first-order valence-corrected chi connectivity index (χ1v) is 6.07. The molecule has 1 unspecified atom stereocenters. The highest BCUT2D eigenvalue weighted by Crippen LogP contribution is 2.14. The van der Waals surface area contributed by atoms with Crippen LogP contribution in [-0.4, -0.2) is 11.7 Å². The maximum atomic E-state index is 8.67. The second-order valence-electron chi connectivity index (χ2n) is 4.14. The minimum atomic E-state index is 0.351. The Kier molecular flexibility index (Phi) is 10.5. The topological polar surface area (TPSA) is 20.2 Å². The van der Waals surface area contributed by atoms with E-state index in [-0.39, 0.29) is 0 Å². The maximum absolute atomic E-state index is 8.67.